The average molecular weight is 617 g/mol. The van der Waals surface area contributed by atoms with Crippen molar-refractivity contribution >= 4 is 34.4 Å². The number of benzene rings is 2. The number of carbonyl (C=O) groups is 2. The minimum Gasteiger partial charge on any atom is -0.383 e. The van der Waals surface area contributed by atoms with Crippen LogP contribution in [0.2, 0.25) is 0 Å². The number of allylic oxidation sites excluding steroid dienone is 1. The molecule has 1 aliphatic heterocycles. The number of hydrogen-bond donors (Lipinski definition) is 2. The molecule has 2 aromatic carbocycles. The van der Waals surface area contributed by atoms with Gasteiger partial charge in [0.1, 0.15) is 29.5 Å². The van der Waals surface area contributed by atoms with Crippen molar-refractivity contribution in [1.29, 1.82) is 5.26 Å². The van der Waals surface area contributed by atoms with E-state index in [9.17, 15) is 28.0 Å². The summed E-state index contributed by atoms with van der Waals surface area (Å²) in [7, 11) is 0. The Morgan fingerprint density at radius 2 is 1.84 bits per heavy atom. The summed E-state index contributed by atoms with van der Waals surface area (Å²) in [6.45, 7) is 6.61. The van der Waals surface area contributed by atoms with Gasteiger partial charge in [-0.15, -0.1) is 0 Å². The normalized spacial score (nSPS) is 16.0. The van der Waals surface area contributed by atoms with Crippen molar-refractivity contribution in [3.8, 4) is 17.3 Å². The summed E-state index contributed by atoms with van der Waals surface area (Å²) < 4.78 is 41.0. The van der Waals surface area contributed by atoms with Gasteiger partial charge in [0.15, 0.2) is 5.65 Å². The number of hydrogen-bond acceptors (Lipinski definition) is 7. The minimum atomic E-state index is -4.57. The van der Waals surface area contributed by atoms with Crippen LogP contribution in [0.5, 0.6) is 0 Å². The zero-order valence-corrected chi connectivity index (χ0v) is 24.9. The second-order valence-electron chi connectivity index (χ2n) is 11.9. The number of piperidine rings is 1. The Hall–Kier alpha value is -5.25. The first-order valence-corrected chi connectivity index (χ1v) is 14.2. The Bertz CT molecular complexity index is 1830. The third-order valence-corrected chi connectivity index (χ3v) is 7.34. The average Bonchev–Trinajstić information content (AvgIpc) is 3.40. The highest BCUT2D eigenvalue weighted by Gasteiger charge is 2.32. The number of alkyl halides is 3. The molecule has 0 radical (unpaired) electrons. The number of aromatic nitrogens is 4. The molecule has 0 aliphatic carbocycles. The first-order chi connectivity index (χ1) is 21.2. The largest absolute Gasteiger partial charge is 0.416 e. The molecule has 232 valence electrons. The number of halogens is 3. The van der Waals surface area contributed by atoms with Crippen molar-refractivity contribution < 1.29 is 22.8 Å². The molecule has 0 saturated carbocycles. The number of likely N-dealkylation sites (tertiary alicyclic amines) is 1. The summed E-state index contributed by atoms with van der Waals surface area (Å²) in [5.74, 6) is -0.799. The van der Waals surface area contributed by atoms with Gasteiger partial charge in [0, 0.05) is 29.9 Å². The van der Waals surface area contributed by atoms with E-state index in [1.54, 1.807) is 39.9 Å². The van der Waals surface area contributed by atoms with Gasteiger partial charge in [0.2, 0.25) is 0 Å². The number of anilines is 2. The smallest absolute Gasteiger partial charge is 0.383 e. The molecule has 3 heterocycles. The van der Waals surface area contributed by atoms with Gasteiger partial charge in [0.05, 0.1) is 17.0 Å². The lowest BCUT2D eigenvalue weighted by atomic mass is 9.93. The number of nitrogens with two attached hydrogens (primary N) is 1. The van der Waals surface area contributed by atoms with Gasteiger partial charge in [-0.05, 0) is 48.6 Å². The second kappa shape index (κ2) is 12.0. The van der Waals surface area contributed by atoms with E-state index in [-0.39, 0.29) is 34.3 Å². The maximum Gasteiger partial charge on any atom is 0.416 e. The molecule has 1 atom stereocenters. The SMILES string of the molecule is CC(C)(C)/C=C(\C#N)C(=O)N1CCC[C@@H](n2nc(-c3ccc(NC(=O)c4cccc(C(F)(F)F)c4)cc3)c3c(N)ncnc32)C1. The van der Waals surface area contributed by atoms with Crippen LogP contribution in [0.15, 0.2) is 66.5 Å². The van der Waals surface area contributed by atoms with Crippen LogP contribution in [0, 0.1) is 16.7 Å². The molecular weight excluding hydrogens is 585 g/mol. The second-order valence-corrected chi connectivity index (χ2v) is 11.9. The fraction of sp³-hybridized carbons (Fsp3) is 0.312. The topological polar surface area (TPSA) is 143 Å². The number of nitrogens with zero attached hydrogens (tertiary/aromatic N) is 6. The standard InChI is InChI=1S/C32H31F3N8O2/c1-31(2,3)15-21(16-36)30(45)42-13-5-8-24(17-42)43-28-25(27(37)38-18-39-28)26(41-43)19-9-11-23(12-10-19)40-29(44)20-6-4-7-22(14-20)32(33,34)35/h4,6-7,9-12,14-15,18,24H,5,8,13,17H2,1-3H3,(H,40,44)(H2,37,38,39)/b21-15+/t24-/m1/s1. The van der Waals surface area contributed by atoms with Crippen LogP contribution in [0.1, 0.15) is 55.6 Å². The van der Waals surface area contributed by atoms with Gasteiger partial charge < -0.3 is 16.0 Å². The number of nitrogens with one attached hydrogen (secondary N) is 1. The van der Waals surface area contributed by atoms with Gasteiger partial charge >= 0.3 is 6.18 Å². The number of amides is 2. The van der Waals surface area contributed by atoms with E-state index in [2.05, 4.69) is 15.3 Å². The highest BCUT2D eigenvalue weighted by atomic mass is 19.4. The van der Waals surface area contributed by atoms with Gasteiger partial charge in [0.25, 0.3) is 11.8 Å². The molecule has 1 saturated heterocycles. The summed E-state index contributed by atoms with van der Waals surface area (Å²) in [5, 5.41) is 17.7. The van der Waals surface area contributed by atoms with Crippen molar-refractivity contribution in [2.75, 3.05) is 24.1 Å². The molecule has 1 fully saturated rings. The molecule has 10 nitrogen and oxygen atoms in total. The lowest BCUT2D eigenvalue weighted by molar-refractivity contribution is -0.137. The van der Waals surface area contributed by atoms with E-state index in [0.29, 0.717) is 47.5 Å². The fourth-order valence-corrected chi connectivity index (χ4v) is 5.29. The van der Waals surface area contributed by atoms with Crippen molar-refractivity contribution in [1.82, 2.24) is 24.6 Å². The Labute approximate surface area is 257 Å². The predicted molar refractivity (Wildman–Crippen MR) is 163 cm³/mol. The molecule has 5 rings (SSSR count). The van der Waals surface area contributed by atoms with E-state index in [0.717, 1.165) is 18.6 Å². The van der Waals surface area contributed by atoms with Crippen molar-refractivity contribution in [2.45, 2.75) is 45.8 Å². The van der Waals surface area contributed by atoms with Gasteiger partial charge in [-0.25, -0.2) is 14.6 Å². The number of nitrogen functional groups attached to an aromatic ring is 1. The van der Waals surface area contributed by atoms with Crippen LogP contribution in [0.3, 0.4) is 0 Å². The quantitative estimate of drug-likeness (QED) is 0.207. The van der Waals surface area contributed by atoms with Gasteiger partial charge in [-0.2, -0.15) is 23.5 Å². The zero-order valence-electron chi connectivity index (χ0n) is 24.9. The Balaban J connectivity index is 1.41. The van der Waals surface area contributed by atoms with Gasteiger partial charge in [-0.1, -0.05) is 45.0 Å². The number of fused-ring (bicyclic) bond motifs is 1. The first-order valence-electron chi connectivity index (χ1n) is 14.2. The lowest BCUT2D eigenvalue weighted by Crippen LogP contribution is -2.41. The maximum absolute atomic E-state index is 13.3. The molecule has 2 aromatic heterocycles. The summed E-state index contributed by atoms with van der Waals surface area (Å²) in [6.07, 6.45) is -0.126. The van der Waals surface area contributed by atoms with Gasteiger partial charge in [-0.3, -0.25) is 9.59 Å². The molecule has 13 heteroatoms. The van der Waals surface area contributed by atoms with Crippen LogP contribution in [-0.4, -0.2) is 49.6 Å². The zero-order chi connectivity index (χ0) is 32.5. The summed E-state index contributed by atoms with van der Waals surface area (Å²) in [4.78, 5) is 36.2. The van der Waals surface area contributed by atoms with Crippen LogP contribution in [0.4, 0.5) is 24.7 Å². The highest BCUT2D eigenvalue weighted by Crippen LogP contribution is 2.35. The predicted octanol–water partition coefficient (Wildman–Crippen LogP) is 6.01. The first kappa shape index (κ1) is 31.2. The van der Waals surface area contributed by atoms with Crippen molar-refractivity contribution in [3.05, 3.63) is 77.6 Å². The van der Waals surface area contributed by atoms with Crippen LogP contribution in [-0.2, 0) is 11.0 Å². The molecule has 1 aliphatic rings. The van der Waals surface area contributed by atoms with Crippen molar-refractivity contribution in [3.63, 3.8) is 0 Å². The fourth-order valence-electron chi connectivity index (χ4n) is 5.29. The Kier molecular flexibility index (Phi) is 8.34. The third-order valence-electron chi connectivity index (χ3n) is 7.34. The summed E-state index contributed by atoms with van der Waals surface area (Å²) in [5.41, 5.74) is 6.99. The monoisotopic (exact) mass is 616 g/mol. The maximum atomic E-state index is 13.3. The number of carbonyl (C=O) groups excluding carboxylic acids is 2. The molecule has 45 heavy (non-hydrogen) atoms. The van der Waals surface area contributed by atoms with E-state index in [1.807, 2.05) is 26.8 Å². The molecule has 0 spiro atoms. The number of rotatable bonds is 5. The van der Waals surface area contributed by atoms with E-state index < -0.39 is 17.6 Å². The highest BCUT2D eigenvalue weighted by molar-refractivity contribution is 6.05. The molecule has 2 amide bonds. The number of nitriles is 1. The van der Waals surface area contributed by atoms with Crippen LogP contribution in [0.25, 0.3) is 22.3 Å². The van der Waals surface area contributed by atoms with E-state index in [4.69, 9.17) is 10.8 Å². The Morgan fingerprint density at radius 1 is 1.11 bits per heavy atom. The van der Waals surface area contributed by atoms with Crippen LogP contribution < -0.4 is 11.1 Å². The van der Waals surface area contributed by atoms with E-state index >= 15 is 0 Å². The molecule has 4 aromatic rings. The third kappa shape index (κ3) is 6.80. The van der Waals surface area contributed by atoms with E-state index in [1.165, 1.54) is 18.5 Å². The van der Waals surface area contributed by atoms with Crippen LogP contribution >= 0.6 is 0 Å². The summed E-state index contributed by atoms with van der Waals surface area (Å²) >= 11 is 0. The molecule has 3 N–H and O–H groups in total. The summed E-state index contributed by atoms with van der Waals surface area (Å²) in [6, 6.07) is 12.6. The Morgan fingerprint density at radius 3 is 2.51 bits per heavy atom. The minimum absolute atomic E-state index is 0.0981. The lowest BCUT2D eigenvalue weighted by Gasteiger charge is -2.33. The van der Waals surface area contributed by atoms with Crippen molar-refractivity contribution in [2.24, 2.45) is 5.41 Å². The molecule has 0 unspecified atom stereocenters. The molecular formula is C32H31F3N8O2. The molecule has 0 bridgehead atoms.